The predicted octanol–water partition coefficient (Wildman–Crippen LogP) is 3.88. The molecule has 5 heteroatoms. The van der Waals surface area contributed by atoms with E-state index in [9.17, 15) is 9.59 Å². The van der Waals surface area contributed by atoms with Crippen molar-refractivity contribution >= 4 is 11.8 Å². The number of carbonyl (C=O) groups excluding carboxylic acids is 2. The second-order valence-corrected chi connectivity index (χ2v) is 7.69. The van der Waals surface area contributed by atoms with Gasteiger partial charge in [-0.3, -0.25) is 9.59 Å². The molecule has 0 radical (unpaired) electrons. The van der Waals surface area contributed by atoms with Gasteiger partial charge in [-0.25, -0.2) is 0 Å². The fourth-order valence-electron chi connectivity index (χ4n) is 4.01. The second kappa shape index (κ2) is 9.47. The van der Waals surface area contributed by atoms with E-state index in [2.05, 4.69) is 5.32 Å². The van der Waals surface area contributed by atoms with Crippen LogP contribution >= 0.6 is 0 Å². The van der Waals surface area contributed by atoms with Gasteiger partial charge in [-0.2, -0.15) is 0 Å². The van der Waals surface area contributed by atoms with Gasteiger partial charge in [0.05, 0.1) is 6.04 Å². The fraction of sp³-hybridized carbons (Fsp3) is 0.231. The third-order valence-corrected chi connectivity index (χ3v) is 5.57. The molecule has 31 heavy (non-hydrogen) atoms. The molecule has 1 N–H and O–H groups in total. The molecule has 0 unspecified atom stereocenters. The average molecular weight is 415 g/mol. The Balaban J connectivity index is 1.48. The number of hydrogen-bond donors (Lipinski definition) is 1. The minimum Gasteiger partial charge on any atom is -0.484 e. The molecule has 0 saturated heterocycles. The summed E-state index contributed by atoms with van der Waals surface area (Å²) in [6, 6.07) is 25.5. The maximum atomic E-state index is 12.3. The van der Waals surface area contributed by atoms with E-state index >= 15 is 0 Å². The van der Waals surface area contributed by atoms with Crippen molar-refractivity contribution in [2.24, 2.45) is 0 Å². The van der Waals surface area contributed by atoms with Gasteiger partial charge in [0.2, 0.25) is 5.91 Å². The van der Waals surface area contributed by atoms with Gasteiger partial charge in [0.1, 0.15) is 5.75 Å². The summed E-state index contributed by atoms with van der Waals surface area (Å²) in [5, 5.41) is 2.87. The molecule has 1 aliphatic rings. The van der Waals surface area contributed by atoms with E-state index in [1.54, 1.807) is 6.92 Å². The highest BCUT2D eigenvalue weighted by Crippen LogP contribution is 2.37. The van der Waals surface area contributed by atoms with Crippen LogP contribution in [0.4, 0.5) is 0 Å². The number of ether oxygens (including phenoxy) is 1. The van der Waals surface area contributed by atoms with Crippen molar-refractivity contribution in [2.75, 3.05) is 13.2 Å². The highest BCUT2D eigenvalue weighted by Gasteiger charge is 2.30. The Labute approximate surface area is 182 Å². The SMILES string of the molecule is CC(=O)N1CCc2ccc(OCC(=O)NCc3ccccc3)cc2[C@H]1c1ccccc1. The summed E-state index contributed by atoms with van der Waals surface area (Å²) in [5.41, 5.74) is 4.36. The Morgan fingerprint density at radius 2 is 1.71 bits per heavy atom. The smallest absolute Gasteiger partial charge is 0.258 e. The molecule has 0 bridgehead atoms. The first kappa shape index (κ1) is 20.7. The van der Waals surface area contributed by atoms with Crippen molar-refractivity contribution in [3.63, 3.8) is 0 Å². The van der Waals surface area contributed by atoms with Crippen LogP contribution in [0.15, 0.2) is 78.9 Å². The van der Waals surface area contributed by atoms with Crippen LogP contribution in [0.1, 0.15) is 35.2 Å². The molecule has 3 aromatic rings. The zero-order valence-corrected chi connectivity index (χ0v) is 17.6. The fourth-order valence-corrected chi connectivity index (χ4v) is 4.01. The standard InChI is InChI=1S/C26H26N2O3/c1-19(29)28-15-14-21-12-13-23(16-24(21)26(28)22-10-6-3-7-11-22)31-18-25(30)27-17-20-8-4-2-5-9-20/h2-13,16,26H,14-15,17-18H2,1H3,(H,27,30)/t26-/m1/s1. The molecule has 0 saturated carbocycles. The quantitative estimate of drug-likeness (QED) is 0.666. The normalized spacial score (nSPS) is 15.1. The molecule has 1 aliphatic heterocycles. The first-order chi connectivity index (χ1) is 15.1. The monoisotopic (exact) mass is 414 g/mol. The summed E-state index contributed by atoms with van der Waals surface area (Å²) in [5.74, 6) is 0.498. The van der Waals surface area contributed by atoms with Gasteiger partial charge in [0.25, 0.3) is 5.91 Å². The van der Waals surface area contributed by atoms with Gasteiger partial charge >= 0.3 is 0 Å². The van der Waals surface area contributed by atoms with E-state index in [1.807, 2.05) is 83.8 Å². The van der Waals surface area contributed by atoms with E-state index in [0.29, 0.717) is 18.8 Å². The Kier molecular flexibility index (Phi) is 6.32. The van der Waals surface area contributed by atoms with Gasteiger partial charge in [0.15, 0.2) is 6.61 Å². The lowest BCUT2D eigenvalue weighted by Gasteiger charge is -2.37. The summed E-state index contributed by atoms with van der Waals surface area (Å²) in [7, 11) is 0. The van der Waals surface area contributed by atoms with Crippen LogP contribution in [0.2, 0.25) is 0 Å². The Bertz CT molecular complexity index is 1050. The number of amides is 2. The molecule has 0 aliphatic carbocycles. The first-order valence-electron chi connectivity index (χ1n) is 10.5. The Morgan fingerprint density at radius 3 is 2.42 bits per heavy atom. The average Bonchev–Trinajstić information content (AvgIpc) is 2.81. The maximum Gasteiger partial charge on any atom is 0.258 e. The number of benzene rings is 3. The second-order valence-electron chi connectivity index (χ2n) is 7.69. The minimum atomic E-state index is -0.174. The molecule has 1 atom stereocenters. The summed E-state index contributed by atoms with van der Waals surface area (Å²) < 4.78 is 5.79. The van der Waals surface area contributed by atoms with E-state index in [1.165, 1.54) is 5.56 Å². The van der Waals surface area contributed by atoms with Crippen molar-refractivity contribution in [1.82, 2.24) is 10.2 Å². The lowest BCUT2D eigenvalue weighted by atomic mass is 9.88. The number of nitrogens with one attached hydrogen (secondary N) is 1. The summed E-state index contributed by atoms with van der Waals surface area (Å²) in [6.07, 6.45) is 0.802. The van der Waals surface area contributed by atoms with Gasteiger partial charge < -0.3 is 15.0 Å². The number of nitrogens with zero attached hydrogens (tertiary/aromatic N) is 1. The molecule has 0 aromatic heterocycles. The lowest BCUT2D eigenvalue weighted by molar-refractivity contribution is -0.130. The molecule has 158 valence electrons. The maximum absolute atomic E-state index is 12.3. The number of fused-ring (bicyclic) bond motifs is 1. The predicted molar refractivity (Wildman–Crippen MR) is 120 cm³/mol. The number of carbonyl (C=O) groups is 2. The molecule has 0 spiro atoms. The Hall–Kier alpha value is -3.60. The molecule has 3 aromatic carbocycles. The third-order valence-electron chi connectivity index (χ3n) is 5.57. The van der Waals surface area contributed by atoms with Gasteiger partial charge in [0, 0.05) is 20.0 Å². The van der Waals surface area contributed by atoms with Crippen LogP contribution in [-0.2, 0) is 22.6 Å². The summed E-state index contributed by atoms with van der Waals surface area (Å²) in [6.45, 7) is 2.71. The highest BCUT2D eigenvalue weighted by molar-refractivity contribution is 5.77. The van der Waals surface area contributed by atoms with Gasteiger partial charge in [-0.1, -0.05) is 66.7 Å². The van der Waals surface area contributed by atoms with Crippen LogP contribution in [0.5, 0.6) is 5.75 Å². The van der Waals surface area contributed by atoms with Crippen molar-refractivity contribution in [1.29, 1.82) is 0 Å². The van der Waals surface area contributed by atoms with Crippen molar-refractivity contribution in [2.45, 2.75) is 25.9 Å². The molecule has 2 amide bonds. The van der Waals surface area contributed by atoms with E-state index in [4.69, 9.17) is 4.74 Å². The van der Waals surface area contributed by atoms with Gasteiger partial charge in [-0.05, 0) is 40.8 Å². The van der Waals surface area contributed by atoms with Crippen molar-refractivity contribution in [3.8, 4) is 5.75 Å². The highest BCUT2D eigenvalue weighted by atomic mass is 16.5. The van der Waals surface area contributed by atoms with Gasteiger partial charge in [-0.15, -0.1) is 0 Å². The zero-order valence-electron chi connectivity index (χ0n) is 17.6. The van der Waals surface area contributed by atoms with Crippen molar-refractivity contribution in [3.05, 3.63) is 101 Å². The van der Waals surface area contributed by atoms with Crippen molar-refractivity contribution < 1.29 is 14.3 Å². The zero-order chi connectivity index (χ0) is 21.6. The van der Waals surface area contributed by atoms with Crippen LogP contribution in [0.3, 0.4) is 0 Å². The van der Waals surface area contributed by atoms with Crippen LogP contribution in [0.25, 0.3) is 0 Å². The van der Waals surface area contributed by atoms with E-state index in [-0.39, 0.29) is 24.5 Å². The Morgan fingerprint density at radius 1 is 1.00 bits per heavy atom. The van der Waals surface area contributed by atoms with E-state index in [0.717, 1.165) is 23.1 Å². The minimum absolute atomic E-state index is 0.0473. The summed E-state index contributed by atoms with van der Waals surface area (Å²) >= 11 is 0. The topological polar surface area (TPSA) is 58.6 Å². The first-order valence-corrected chi connectivity index (χ1v) is 10.5. The van der Waals surface area contributed by atoms with Crippen LogP contribution in [0, 0.1) is 0 Å². The number of rotatable bonds is 6. The third kappa shape index (κ3) is 4.94. The molecular formula is C26H26N2O3. The largest absolute Gasteiger partial charge is 0.484 e. The molecule has 4 rings (SSSR count). The van der Waals surface area contributed by atoms with E-state index < -0.39 is 0 Å². The lowest BCUT2D eigenvalue weighted by Crippen LogP contribution is -2.39. The molecule has 1 heterocycles. The van der Waals surface area contributed by atoms with Crippen LogP contribution in [-0.4, -0.2) is 29.9 Å². The van der Waals surface area contributed by atoms with Crippen LogP contribution < -0.4 is 10.1 Å². The summed E-state index contributed by atoms with van der Waals surface area (Å²) in [4.78, 5) is 26.4. The molecule has 5 nitrogen and oxygen atoms in total. The molecular weight excluding hydrogens is 388 g/mol. The number of hydrogen-bond acceptors (Lipinski definition) is 3. The molecule has 0 fully saturated rings.